The molecule has 2 aliphatic heterocycles. The minimum atomic E-state index is -0.541. The number of nitrogens with zero attached hydrogens (tertiary/aromatic N) is 1. The summed E-state index contributed by atoms with van der Waals surface area (Å²) < 4.78 is 18.5. The highest BCUT2D eigenvalue weighted by molar-refractivity contribution is 6.02. The number of carbonyl (C=O) groups is 3. The lowest BCUT2D eigenvalue weighted by molar-refractivity contribution is -0.144. The molecule has 0 aromatic rings. The van der Waals surface area contributed by atoms with Crippen molar-refractivity contribution in [2.24, 2.45) is 29.6 Å². The number of allylic oxidation sites excluding steroid dienone is 2. The molecule has 2 N–H and O–H groups in total. The maximum Gasteiger partial charge on any atom is 0.249 e. The van der Waals surface area contributed by atoms with Gasteiger partial charge in [-0.1, -0.05) is 43.8 Å². The van der Waals surface area contributed by atoms with Gasteiger partial charge in [-0.05, 0) is 108 Å². The Morgan fingerprint density at radius 3 is 2.12 bits per heavy atom. The molecule has 48 heavy (non-hydrogen) atoms. The van der Waals surface area contributed by atoms with Gasteiger partial charge in [0.15, 0.2) is 0 Å². The van der Waals surface area contributed by atoms with Crippen LogP contribution in [0.15, 0.2) is 11.1 Å². The fourth-order valence-electron chi connectivity index (χ4n) is 10.4. The van der Waals surface area contributed by atoms with Gasteiger partial charge in [0.2, 0.25) is 17.7 Å². The van der Waals surface area contributed by atoms with Crippen molar-refractivity contribution < 1.29 is 33.7 Å². The Bertz CT molecular complexity index is 1120. The lowest BCUT2D eigenvalue weighted by Crippen LogP contribution is -2.53. The number of rotatable bonds is 13. The van der Waals surface area contributed by atoms with Crippen LogP contribution in [0.1, 0.15) is 129 Å². The molecular formula is C39H62N2O7. The van der Waals surface area contributed by atoms with Crippen LogP contribution in [0.2, 0.25) is 0 Å². The molecule has 2 saturated heterocycles. The van der Waals surface area contributed by atoms with Crippen LogP contribution in [-0.4, -0.2) is 85.1 Å². The molecule has 6 fully saturated rings. The molecule has 6 rings (SSSR count). The highest BCUT2D eigenvalue weighted by atomic mass is 16.5. The van der Waals surface area contributed by atoms with E-state index in [1.807, 2.05) is 5.57 Å². The second kappa shape index (κ2) is 17.4. The normalized spacial score (nSPS) is 35.7. The number of nitrogens with one attached hydrogen (secondary N) is 1. The third-order valence-electron chi connectivity index (χ3n) is 12.8. The summed E-state index contributed by atoms with van der Waals surface area (Å²) in [5.41, 5.74) is 3.61. The first-order valence-electron chi connectivity index (χ1n) is 19.8. The van der Waals surface area contributed by atoms with Crippen LogP contribution in [0.4, 0.5) is 0 Å². The van der Waals surface area contributed by atoms with Gasteiger partial charge in [0.1, 0.15) is 6.04 Å². The average molecular weight is 671 g/mol. The van der Waals surface area contributed by atoms with E-state index in [0.717, 1.165) is 63.7 Å². The minimum Gasteiger partial charge on any atom is -0.393 e. The Balaban J connectivity index is 0.901. The lowest BCUT2D eigenvalue weighted by atomic mass is 9.68. The van der Waals surface area contributed by atoms with Crippen molar-refractivity contribution >= 4 is 17.7 Å². The molecule has 4 saturated carbocycles. The molecule has 4 aliphatic carbocycles. The maximum absolute atomic E-state index is 13.2. The van der Waals surface area contributed by atoms with Crippen molar-refractivity contribution in [2.45, 2.75) is 153 Å². The number of imide groups is 1. The van der Waals surface area contributed by atoms with Crippen LogP contribution in [0.25, 0.3) is 0 Å². The van der Waals surface area contributed by atoms with Gasteiger partial charge in [-0.2, -0.15) is 0 Å². The molecule has 0 bridgehead atoms. The SMILES string of the molecule is CC/C(=C(\C1CCC(O)CC1)C1CCC(OCCOCCOC2CCCC3C(=O)N(C4CCC(=O)NC4=O)CC23)CC1)C1CCCCC1. The van der Waals surface area contributed by atoms with Crippen molar-refractivity contribution in [2.75, 3.05) is 33.0 Å². The van der Waals surface area contributed by atoms with Crippen LogP contribution in [-0.2, 0) is 28.6 Å². The smallest absolute Gasteiger partial charge is 0.249 e. The number of aliphatic hydroxyl groups is 1. The molecule has 4 unspecified atom stereocenters. The van der Waals surface area contributed by atoms with Crippen molar-refractivity contribution in [1.29, 1.82) is 0 Å². The van der Waals surface area contributed by atoms with E-state index in [1.54, 1.807) is 10.5 Å². The van der Waals surface area contributed by atoms with Gasteiger partial charge in [0, 0.05) is 24.8 Å². The molecule has 0 aromatic heterocycles. The fourth-order valence-corrected chi connectivity index (χ4v) is 10.4. The molecule has 2 heterocycles. The molecule has 9 nitrogen and oxygen atoms in total. The Morgan fingerprint density at radius 1 is 0.750 bits per heavy atom. The average Bonchev–Trinajstić information content (AvgIpc) is 3.44. The van der Waals surface area contributed by atoms with E-state index < -0.39 is 6.04 Å². The Morgan fingerprint density at radius 2 is 1.44 bits per heavy atom. The van der Waals surface area contributed by atoms with Crippen molar-refractivity contribution in [1.82, 2.24) is 10.2 Å². The molecular weight excluding hydrogens is 608 g/mol. The predicted molar refractivity (Wildman–Crippen MR) is 183 cm³/mol. The van der Waals surface area contributed by atoms with Crippen LogP contribution in [0, 0.1) is 29.6 Å². The fraction of sp³-hybridized carbons (Fsp3) is 0.872. The van der Waals surface area contributed by atoms with E-state index in [4.69, 9.17) is 14.2 Å². The maximum atomic E-state index is 13.2. The van der Waals surface area contributed by atoms with Gasteiger partial charge in [0.05, 0.1) is 44.7 Å². The molecule has 0 radical (unpaired) electrons. The number of fused-ring (bicyclic) bond motifs is 1. The monoisotopic (exact) mass is 670 g/mol. The summed E-state index contributed by atoms with van der Waals surface area (Å²) in [4.78, 5) is 38.9. The van der Waals surface area contributed by atoms with Crippen molar-refractivity contribution in [3.63, 3.8) is 0 Å². The topological polar surface area (TPSA) is 114 Å². The number of aliphatic hydroxyl groups excluding tert-OH is 1. The van der Waals surface area contributed by atoms with Crippen molar-refractivity contribution in [3.8, 4) is 0 Å². The Labute approximate surface area is 288 Å². The van der Waals surface area contributed by atoms with E-state index in [9.17, 15) is 19.5 Å². The summed E-state index contributed by atoms with van der Waals surface area (Å²) in [6.45, 7) is 5.06. The predicted octanol–water partition coefficient (Wildman–Crippen LogP) is 5.87. The van der Waals surface area contributed by atoms with E-state index in [0.29, 0.717) is 57.3 Å². The molecule has 0 aromatic carbocycles. The summed E-state index contributed by atoms with van der Waals surface area (Å²) in [6.07, 6.45) is 20.6. The zero-order valence-electron chi connectivity index (χ0n) is 29.5. The number of ether oxygens (including phenoxy) is 3. The van der Waals surface area contributed by atoms with Crippen LogP contribution >= 0.6 is 0 Å². The molecule has 0 spiro atoms. The quantitative estimate of drug-likeness (QED) is 0.143. The summed E-state index contributed by atoms with van der Waals surface area (Å²) >= 11 is 0. The van der Waals surface area contributed by atoms with Crippen LogP contribution < -0.4 is 5.32 Å². The highest BCUT2D eigenvalue weighted by Crippen LogP contribution is 2.46. The number of hydrogen-bond acceptors (Lipinski definition) is 7. The number of likely N-dealkylation sites (tertiary alicyclic amines) is 1. The van der Waals surface area contributed by atoms with E-state index >= 15 is 0 Å². The largest absolute Gasteiger partial charge is 0.393 e. The molecule has 6 aliphatic rings. The zero-order chi connectivity index (χ0) is 33.5. The Hall–Kier alpha value is -1.81. The van der Waals surface area contributed by atoms with Gasteiger partial charge in [-0.25, -0.2) is 0 Å². The Kier molecular flexibility index (Phi) is 13.1. The van der Waals surface area contributed by atoms with Crippen LogP contribution in [0.3, 0.4) is 0 Å². The van der Waals surface area contributed by atoms with E-state index in [1.165, 1.54) is 51.4 Å². The lowest BCUT2D eigenvalue weighted by Gasteiger charge is -2.39. The second-order valence-corrected chi connectivity index (χ2v) is 15.7. The molecule has 9 heteroatoms. The van der Waals surface area contributed by atoms with Gasteiger partial charge in [-0.15, -0.1) is 0 Å². The minimum absolute atomic E-state index is 0.00928. The first-order chi connectivity index (χ1) is 23.4. The molecule has 4 atom stereocenters. The van der Waals surface area contributed by atoms with E-state index in [-0.39, 0.29) is 48.2 Å². The zero-order valence-corrected chi connectivity index (χ0v) is 29.5. The van der Waals surface area contributed by atoms with Gasteiger partial charge < -0.3 is 24.2 Å². The number of carbonyl (C=O) groups excluding carboxylic acids is 3. The highest BCUT2D eigenvalue weighted by Gasteiger charge is 2.50. The summed E-state index contributed by atoms with van der Waals surface area (Å²) in [7, 11) is 0. The van der Waals surface area contributed by atoms with Gasteiger partial charge >= 0.3 is 0 Å². The first-order valence-corrected chi connectivity index (χ1v) is 19.8. The molecule has 270 valence electrons. The summed E-state index contributed by atoms with van der Waals surface area (Å²) in [5, 5.41) is 12.6. The van der Waals surface area contributed by atoms with Gasteiger partial charge in [0.25, 0.3) is 0 Å². The second-order valence-electron chi connectivity index (χ2n) is 15.7. The molecule has 3 amide bonds. The summed E-state index contributed by atoms with van der Waals surface area (Å²) in [6, 6.07) is -0.541. The van der Waals surface area contributed by atoms with Gasteiger partial charge in [-0.3, -0.25) is 19.7 Å². The van der Waals surface area contributed by atoms with Crippen molar-refractivity contribution in [3.05, 3.63) is 11.1 Å². The van der Waals surface area contributed by atoms with E-state index in [2.05, 4.69) is 12.2 Å². The number of amides is 3. The number of hydrogen-bond donors (Lipinski definition) is 2. The van der Waals surface area contributed by atoms with Crippen LogP contribution in [0.5, 0.6) is 0 Å². The third-order valence-corrected chi connectivity index (χ3v) is 12.8. The summed E-state index contributed by atoms with van der Waals surface area (Å²) in [5.74, 6) is 1.57. The standard InChI is InChI=1S/C39H62N2O7/c1-2-31(26-7-4-3-5-8-26)37(27-11-15-29(42)16-12-27)28-13-17-30(18-14-28)47-23-21-46-22-24-48-35-10-6-9-32-33(35)25-41(39(32)45)34-19-20-36(43)40-38(34)44/h26-30,32-35,42H,2-25H2,1H3,(H,40,43,44)/b37-31-. The number of piperidine rings is 1. The third kappa shape index (κ3) is 8.73. The first kappa shape index (κ1) is 36.0.